The van der Waals surface area contributed by atoms with Crippen molar-refractivity contribution >= 4 is 34.8 Å². The molecule has 0 saturated carbocycles. The molecule has 23 heavy (non-hydrogen) atoms. The van der Waals surface area contributed by atoms with E-state index in [2.05, 4.69) is 26.2 Å². The van der Waals surface area contributed by atoms with Crippen LogP contribution in [0, 0.1) is 4.64 Å². The normalized spacial score (nSPS) is 15.5. The monoisotopic (exact) mass is 349 g/mol. The summed E-state index contributed by atoms with van der Waals surface area (Å²) in [7, 11) is 0. The van der Waals surface area contributed by atoms with Crippen LogP contribution >= 0.6 is 23.8 Å². The van der Waals surface area contributed by atoms with Crippen molar-refractivity contribution in [1.82, 2.24) is 19.2 Å². The number of carbonyl (C=O) groups is 1. The predicted molar refractivity (Wildman–Crippen MR) is 93.6 cm³/mol. The van der Waals surface area contributed by atoms with Crippen molar-refractivity contribution in [3.8, 4) is 0 Å². The third kappa shape index (κ3) is 3.59. The number of H-pyrrole nitrogens is 1. The first kappa shape index (κ1) is 16.1. The highest BCUT2D eigenvalue weighted by Gasteiger charge is 2.22. The second-order valence-corrected chi connectivity index (χ2v) is 6.53. The molecule has 1 amide bonds. The van der Waals surface area contributed by atoms with Gasteiger partial charge in [-0.2, -0.15) is 4.37 Å². The number of aromatic nitrogens is 3. The summed E-state index contributed by atoms with van der Waals surface area (Å²) in [6.07, 6.45) is 3.50. The SMILES string of the molecule is CCc1nsc(N2CCCN(C(=O)c3ccc[nH]c3=S)CC2)n1. The fourth-order valence-electron chi connectivity index (χ4n) is 2.59. The predicted octanol–water partition coefficient (Wildman–Crippen LogP) is 2.51. The average Bonchev–Trinajstić information content (AvgIpc) is 2.91. The minimum Gasteiger partial charge on any atom is -0.352 e. The van der Waals surface area contributed by atoms with Gasteiger partial charge in [-0.05, 0) is 18.6 Å². The summed E-state index contributed by atoms with van der Waals surface area (Å²) in [6, 6.07) is 3.59. The van der Waals surface area contributed by atoms with E-state index in [1.807, 2.05) is 4.90 Å². The molecule has 0 spiro atoms. The summed E-state index contributed by atoms with van der Waals surface area (Å²) in [5.74, 6) is 0.887. The first-order valence-corrected chi connectivity index (χ1v) is 8.91. The fraction of sp³-hybridized carbons (Fsp3) is 0.467. The van der Waals surface area contributed by atoms with E-state index >= 15 is 0 Å². The molecule has 1 saturated heterocycles. The van der Waals surface area contributed by atoms with Gasteiger partial charge in [0.2, 0.25) is 5.13 Å². The van der Waals surface area contributed by atoms with Crippen molar-refractivity contribution in [2.75, 3.05) is 31.1 Å². The van der Waals surface area contributed by atoms with Gasteiger partial charge in [0.05, 0.1) is 5.56 Å². The molecule has 1 N–H and O–H groups in total. The fourth-order valence-corrected chi connectivity index (χ4v) is 3.61. The van der Waals surface area contributed by atoms with Crippen LogP contribution in [-0.2, 0) is 6.42 Å². The molecular formula is C15H19N5OS2. The standard InChI is InChI=1S/C15H19N5OS2/c1-2-12-17-15(23-18-12)20-8-4-7-19(9-10-20)14(21)11-5-3-6-16-13(11)22/h3,5-6H,2,4,7-10H2,1H3,(H,16,22). The van der Waals surface area contributed by atoms with Gasteiger partial charge in [-0.3, -0.25) is 4.79 Å². The van der Waals surface area contributed by atoms with Gasteiger partial charge >= 0.3 is 0 Å². The largest absolute Gasteiger partial charge is 0.352 e. The van der Waals surface area contributed by atoms with Gasteiger partial charge in [-0.1, -0.05) is 19.1 Å². The maximum atomic E-state index is 12.7. The molecule has 0 aliphatic carbocycles. The Balaban J connectivity index is 1.70. The molecule has 0 unspecified atom stereocenters. The van der Waals surface area contributed by atoms with E-state index in [4.69, 9.17) is 12.2 Å². The van der Waals surface area contributed by atoms with Crippen LogP contribution in [0.5, 0.6) is 0 Å². The lowest BCUT2D eigenvalue weighted by molar-refractivity contribution is 0.0766. The number of hydrogen-bond donors (Lipinski definition) is 1. The lowest BCUT2D eigenvalue weighted by atomic mass is 10.2. The highest BCUT2D eigenvalue weighted by Crippen LogP contribution is 2.20. The molecule has 1 aliphatic rings. The zero-order valence-corrected chi connectivity index (χ0v) is 14.6. The number of anilines is 1. The maximum absolute atomic E-state index is 12.7. The highest BCUT2D eigenvalue weighted by atomic mass is 32.1. The van der Waals surface area contributed by atoms with Gasteiger partial charge in [0, 0.05) is 50.3 Å². The third-order valence-corrected chi connectivity index (χ3v) is 5.03. The van der Waals surface area contributed by atoms with E-state index in [0.29, 0.717) is 16.7 Å². The lowest BCUT2D eigenvalue weighted by Gasteiger charge is -2.21. The first-order chi connectivity index (χ1) is 11.2. The van der Waals surface area contributed by atoms with Crippen molar-refractivity contribution < 1.29 is 4.79 Å². The minimum atomic E-state index is 0.000195. The molecule has 2 aromatic heterocycles. The van der Waals surface area contributed by atoms with Gasteiger partial charge in [0.1, 0.15) is 10.5 Å². The zero-order chi connectivity index (χ0) is 16.2. The van der Waals surface area contributed by atoms with E-state index in [9.17, 15) is 4.79 Å². The Hall–Kier alpha value is -1.80. The van der Waals surface area contributed by atoms with Crippen molar-refractivity contribution in [1.29, 1.82) is 0 Å². The van der Waals surface area contributed by atoms with Crippen LogP contribution in [-0.4, -0.2) is 51.3 Å². The molecule has 0 radical (unpaired) electrons. The van der Waals surface area contributed by atoms with E-state index in [1.165, 1.54) is 11.5 Å². The Morgan fingerprint density at radius 1 is 1.39 bits per heavy atom. The first-order valence-electron chi connectivity index (χ1n) is 7.73. The molecule has 6 nitrogen and oxygen atoms in total. The number of carbonyl (C=O) groups excluding carboxylic acids is 1. The minimum absolute atomic E-state index is 0.000195. The Morgan fingerprint density at radius 3 is 3.00 bits per heavy atom. The number of nitrogens with one attached hydrogen (secondary N) is 1. The third-order valence-electron chi connectivity index (χ3n) is 3.88. The summed E-state index contributed by atoms with van der Waals surface area (Å²) in [5.41, 5.74) is 0.570. The molecule has 0 atom stereocenters. The molecule has 1 aliphatic heterocycles. The Bertz CT molecular complexity index is 741. The van der Waals surface area contributed by atoms with Gasteiger partial charge in [0.25, 0.3) is 5.91 Å². The Morgan fingerprint density at radius 2 is 2.26 bits per heavy atom. The quantitative estimate of drug-likeness (QED) is 0.863. The number of nitrogens with zero attached hydrogens (tertiary/aromatic N) is 4. The van der Waals surface area contributed by atoms with Crippen molar-refractivity contribution in [2.45, 2.75) is 19.8 Å². The summed E-state index contributed by atoms with van der Waals surface area (Å²) in [4.78, 5) is 24.2. The summed E-state index contributed by atoms with van der Waals surface area (Å²) in [6.45, 7) is 5.12. The average molecular weight is 349 g/mol. The maximum Gasteiger partial charge on any atom is 0.256 e. The Kier molecular flexibility index (Phi) is 5.02. The van der Waals surface area contributed by atoms with Gasteiger partial charge in [-0.25, -0.2) is 4.98 Å². The summed E-state index contributed by atoms with van der Waals surface area (Å²) in [5, 5.41) is 0.952. The van der Waals surface area contributed by atoms with Crippen LogP contribution in [0.3, 0.4) is 0 Å². The topological polar surface area (TPSA) is 65.1 Å². The second kappa shape index (κ2) is 7.18. The van der Waals surface area contributed by atoms with E-state index in [0.717, 1.165) is 43.4 Å². The van der Waals surface area contributed by atoms with Gasteiger partial charge < -0.3 is 14.8 Å². The van der Waals surface area contributed by atoms with Crippen molar-refractivity contribution in [3.63, 3.8) is 0 Å². The molecule has 2 aromatic rings. The number of pyridine rings is 1. The van der Waals surface area contributed by atoms with Gasteiger partial charge in [0.15, 0.2) is 0 Å². The van der Waals surface area contributed by atoms with Crippen LogP contribution in [0.4, 0.5) is 5.13 Å². The zero-order valence-electron chi connectivity index (χ0n) is 13.0. The van der Waals surface area contributed by atoms with E-state index in [1.54, 1.807) is 18.3 Å². The highest BCUT2D eigenvalue weighted by molar-refractivity contribution is 7.71. The number of hydrogen-bond acceptors (Lipinski definition) is 6. The molecule has 0 bridgehead atoms. The molecule has 3 heterocycles. The van der Waals surface area contributed by atoms with Crippen molar-refractivity contribution in [2.24, 2.45) is 0 Å². The van der Waals surface area contributed by atoms with Crippen LogP contribution in [0.15, 0.2) is 18.3 Å². The van der Waals surface area contributed by atoms with Crippen molar-refractivity contribution in [3.05, 3.63) is 34.4 Å². The number of aromatic amines is 1. The molecule has 3 rings (SSSR count). The lowest BCUT2D eigenvalue weighted by Crippen LogP contribution is -2.35. The van der Waals surface area contributed by atoms with E-state index in [-0.39, 0.29) is 5.91 Å². The van der Waals surface area contributed by atoms with E-state index < -0.39 is 0 Å². The molecular weight excluding hydrogens is 330 g/mol. The molecule has 122 valence electrons. The number of amides is 1. The second-order valence-electron chi connectivity index (χ2n) is 5.39. The molecule has 8 heteroatoms. The van der Waals surface area contributed by atoms with Gasteiger partial charge in [-0.15, -0.1) is 0 Å². The number of rotatable bonds is 3. The molecule has 1 fully saturated rings. The molecule has 0 aromatic carbocycles. The van der Waals surface area contributed by atoms with Crippen LogP contribution in [0.1, 0.15) is 29.5 Å². The number of aryl methyl sites for hydroxylation is 1. The smallest absolute Gasteiger partial charge is 0.256 e. The summed E-state index contributed by atoms with van der Waals surface area (Å²) >= 11 is 6.66. The Labute approximate surface area is 144 Å². The van der Waals surface area contributed by atoms with Crippen LogP contribution < -0.4 is 4.90 Å². The van der Waals surface area contributed by atoms with Crippen LogP contribution in [0.2, 0.25) is 0 Å². The summed E-state index contributed by atoms with van der Waals surface area (Å²) < 4.78 is 4.84. The van der Waals surface area contributed by atoms with Crippen LogP contribution in [0.25, 0.3) is 0 Å².